The highest BCUT2D eigenvalue weighted by Crippen LogP contribution is 2.38. The number of fused-ring (bicyclic) bond motifs is 7. The predicted octanol–water partition coefficient (Wildman–Crippen LogP) is 7.18. The van der Waals surface area contributed by atoms with E-state index in [1.807, 2.05) is 0 Å². The smallest absolute Gasteiger partial charge is 0.256 e. The van der Waals surface area contributed by atoms with Gasteiger partial charge in [0.1, 0.15) is 11.5 Å². The van der Waals surface area contributed by atoms with Crippen molar-refractivity contribution in [3.05, 3.63) is 83.9 Å². The van der Waals surface area contributed by atoms with Gasteiger partial charge in [-0.1, -0.05) is 75.9 Å². The third kappa shape index (κ3) is 3.55. The molecule has 0 fully saturated rings. The zero-order chi connectivity index (χ0) is 24.9. The van der Waals surface area contributed by atoms with Crippen molar-refractivity contribution < 1.29 is 4.74 Å². The van der Waals surface area contributed by atoms with Crippen molar-refractivity contribution in [3.63, 3.8) is 0 Å². The first kappa shape index (κ1) is 22.7. The minimum absolute atomic E-state index is 0.200. The van der Waals surface area contributed by atoms with Gasteiger partial charge in [-0.25, -0.2) is 0 Å². The van der Waals surface area contributed by atoms with E-state index in [1.54, 1.807) is 0 Å². The zero-order valence-electron chi connectivity index (χ0n) is 22.0. The molecule has 3 heterocycles. The normalized spacial score (nSPS) is 13.1. The molecule has 0 amide bonds. The van der Waals surface area contributed by atoms with Crippen LogP contribution in [0.4, 0.5) is 0 Å². The van der Waals surface area contributed by atoms with E-state index >= 15 is 0 Å². The third-order valence-electron chi connectivity index (χ3n) is 8.49. The summed E-state index contributed by atoms with van der Waals surface area (Å²) < 4.78 is 9.02. The van der Waals surface area contributed by atoms with E-state index in [4.69, 9.17) is 4.74 Å². The number of ether oxygens (including phenoxy) is 1. The molecule has 0 radical (unpaired) electrons. The van der Waals surface area contributed by atoms with E-state index in [0.717, 1.165) is 24.3 Å². The molecule has 1 aromatic heterocycles. The van der Waals surface area contributed by atoms with Gasteiger partial charge >= 0.3 is 0 Å². The van der Waals surface area contributed by atoms with Gasteiger partial charge in [-0.2, -0.15) is 0 Å². The van der Waals surface area contributed by atoms with Crippen molar-refractivity contribution in [3.8, 4) is 17.2 Å². The van der Waals surface area contributed by atoms with Crippen LogP contribution >= 0.6 is 0 Å². The molecule has 0 bridgehead atoms. The van der Waals surface area contributed by atoms with Gasteiger partial charge in [0, 0.05) is 22.0 Å². The lowest BCUT2D eigenvalue weighted by Crippen LogP contribution is -2.58. The van der Waals surface area contributed by atoms with Crippen LogP contribution in [0.3, 0.4) is 0 Å². The lowest BCUT2D eigenvalue weighted by Gasteiger charge is -2.33. The van der Waals surface area contributed by atoms with E-state index in [1.165, 1.54) is 93.5 Å². The van der Waals surface area contributed by atoms with Gasteiger partial charge in [0.05, 0.1) is 5.52 Å². The van der Waals surface area contributed by atoms with Gasteiger partial charge in [0.2, 0.25) is 0 Å². The van der Waals surface area contributed by atoms with Gasteiger partial charge < -0.3 is 9.30 Å². The van der Waals surface area contributed by atoms with E-state index in [2.05, 4.69) is 91.2 Å². The standard InChI is InChI=1S/C34H34BNO/c1-3-5-7-8-13-24-21-26-25-20-23(12-6-4-2)18-19-29(25)36-30-15-11-17-32-33(30)35(28(22-24)34(26)36)27-14-9-10-16-31(27)37-32/h9-11,14-22H,3-8,12-13H2,1-2H3. The van der Waals surface area contributed by atoms with E-state index in [0.29, 0.717) is 0 Å². The molecule has 4 aromatic carbocycles. The number of aromatic nitrogens is 1. The van der Waals surface area contributed by atoms with Crippen LogP contribution in [0, 0.1) is 0 Å². The number of rotatable bonds is 8. The number of hydrogen-bond acceptors (Lipinski definition) is 1. The highest BCUT2D eigenvalue weighted by molar-refractivity contribution is 6.99. The first-order valence-electron chi connectivity index (χ1n) is 14.3. The Morgan fingerprint density at radius 1 is 0.676 bits per heavy atom. The van der Waals surface area contributed by atoms with Crippen LogP contribution in [0.25, 0.3) is 27.5 Å². The molecule has 5 aromatic rings. The minimum Gasteiger partial charge on any atom is -0.458 e. The highest BCUT2D eigenvalue weighted by Gasteiger charge is 2.40. The summed E-state index contributed by atoms with van der Waals surface area (Å²) in [7, 11) is 0. The number of hydrogen-bond donors (Lipinski definition) is 0. The lowest BCUT2D eigenvalue weighted by molar-refractivity contribution is 0.487. The summed E-state index contributed by atoms with van der Waals surface area (Å²) in [5, 5.41) is 2.81. The fourth-order valence-corrected chi connectivity index (χ4v) is 6.71. The molecule has 0 unspecified atom stereocenters. The average Bonchev–Trinajstić information content (AvgIpc) is 3.26. The van der Waals surface area contributed by atoms with Crippen molar-refractivity contribution >= 4 is 44.9 Å². The summed E-state index contributed by atoms with van der Waals surface area (Å²) >= 11 is 0. The Kier molecular flexibility index (Phi) is 5.61. The van der Waals surface area contributed by atoms with Crippen molar-refractivity contribution in [1.82, 2.24) is 4.57 Å². The van der Waals surface area contributed by atoms with Crippen molar-refractivity contribution in [2.45, 2.75) is 65.2 Å². The summed E-state index contributed by atoms with van der Waals surface area (Å²) in [5.74, 6) is 1.99. The third-order valence-corrected chi connectivity index (χ3v) is 8.49. The summed E-state index contributed by atoms with van der Waals surface area (Å²) in [6, 6.07) is 27.4. The Labute approximate surface area is 220 Å². The molecule has 0 aliphatic carbocycles. The van der Waals surface area contributed by atoms with Gasteiger partial charge in [0.25, 0.3) is 6.71 Å². The van der Waals surface area contributed by atoms with Crippen LogP contribution < -0.4 is 21.1 Å². The second-order valence-corrected chi connectivity index (χ2v) is 10.9. The molecule has 3 heteroatoms. The first-order chi connectivity index (χ1) is 18.3. The Morgan fingerprint density at radius 2 is 1.49 bits per heavy atom. The first-order valence-corrected chi connectivity index (χ1v) is 14.3. The monoisotopic (exact) mass is 483 g/mol. The molecule has 2 nitrogen and oxygen atoms in total. The molecule has 7 rings (SSSR count). The molecule has 0 atom stereocenters. The fourth-order valence-electron chi connectivity index (χ4n) is 6.71. The summed E-state index contributed by atoms with van der Waals surface area (Å²) in [6.45, 7) is 4.77. The second kappa shape index (κ2) is 9.13. The SMILES string of the molecule is CCCCCCc1cc2c3c(c1)c1cc(CCCC)ccc1n3-c1cccc3c1B2c1ccccc1O3. The maximum absolute atomic E-state index is 6.50. The average molecular weight is 483 g/mol. The Bertz CT molecular complexity index is 1650. The molecule has 2 aliphatic heterocycles. The van der Waals surface area contributed by atoms with Crippen LogP contribution in [0.2, 0.25) is 0 Å². The summed E-state index contributed by atoms with van der Waals surface area (Å²) in [4.78, 5) is 0. The van der Waals surface area contributed by atoms with Gasteiger partial charge in [-0.15, -0.1) is 0 Å². The number of nitrogens with zero attached hydrogens (tertiary/aromatic N) is 1. The molecular formula is C34H34BNO. The number of para-hydroxylation sites is 1. The predicted molar refractivity (Wildman–Crippen MR) is 158 cm³/mol. The van der Waals surface area contributed by atoms with Gasteiger partial charge in [-0.3, -0.25) is 0 Å². The quantitative estimate of drug-likeness (QED) is 0.165. The minimum atomic E-state index is 0.200. The number of aryl methyl sites for hydroxylation is 2. The maximum atomic E-state index is 6.50. The van der Waals surface area contributed by atoms with E-state index in [-0.39, 0.29) is 6.71 Å². The Balaban J connectivity index is 1.53. The molecule has 0 saturated carbocycles. The zero-order valence-corrected chi connectivity index (χ0v) is 22.0. The summed E-state index contributed by atoms with van der Waals surface area (Å²) in [5.41, 5.74) is 10.9. The number of benzene rings is 4. The van der Waals surface area contributed by atoms with E-state index in [9.17, 15) is 0 Å². The summed E-state index contributed by atoms with van der Waals surface area (Å²) in [6.07, 6.45) is 9.91. The fraction of sp³-hybridized carbons (Fsp3) is 0.294. The molecule has 0 N–H and O–H groups in total. The van der Waals surface area contributed by atoms with Crippen LogP contribution in [0.5, 0.6) is 11.5 Å². The van der Waals surface area contributed by atoms with Gasteiger partial charge in [-0.05, 0) is 89.6 Å². The molecule has 184 valence electrons. The van der Waals surface area contributed by atoms with Crippen molar-refractivity contribution in [2.75, 3.05) is 0 Å². The van der Waals surface area contributed by atoms with Crippen LogP contribution in [-0.4, -0.2) is 11.3 Å². The number of unbranched alkanes of at least 4 members (excludes halogenated alkanes) is 4. The lowest BCUT2D eigenvalue weighted by atomic mass is 9.34. The van der Waals surface area contributed by atoms with Gasteiger partial charge in [0.15, 0.2) is 0 Å². The molecule has 37 heavy (non-hydrogen) atoms. The molecular weight excluding hydrogens is 449 g/mol. The molecule has 0 spiro atoms. The van der Waals surface area contributed by atoms with Crippen LogP contribution in [-0.2, 0) is 12.8 Å². The molecule has 0 saturated heterocycles. The second-order valence-electron chi connectivity index (χ2n) is 10.9. The highest BCUT2D eigenvalue weighted by atomic mass is 16.5. The Hall–Kier alpha value is -3.46. The van der Waals surface area contributed by atoms with E-state index < -0.39 is 0 Å². The van der Waals surface area contributed by atoms with Crippen molar-refractivity contribution in [1.29, 1.82) is 0 Å². The van der Waals surface area contributed by atoms with Crippen LogP contribution in [0.15, 0.2) is 72.8 Å². The maximum Gasteiger partial charge on any atom is 0.256 e. The Morgan fingerprint density at radius 3 is 2.38 bits per heavy atom. The largest absolute Gasteiger partial charge is 0.458 e. The topological polar surface area (TPSA) is 14.2 Å². The molecule has 2 aliphatic rings. The van der Waals surface area contributed by atoms with Crippen LogP contribution in [0.1, 0.15) is 63.5 Å². The van der Waals surface area contributed by atoms with Crippen molar-refractivity contribution in [2.24, 2.45) is 0 Å².